The number of para-hydroxylation sites is 1. The van der Waals surface area contributed by atoms with E-state index in [0.29, 0.717) is 11.7 Å². The number of rotatable bonds is 7. The van der Waals surface area contributed by atoms with Crippen molar-refractivity contribution in [2.24, 2.45) is 0 Å². The van der Waals surface area contributed by atoms with Gasteiger partial charge in [-0.05, 0) is 38.0 Å². The fourth-order valence-electron chi connectivity index (χ4n) is 3.36. The molecule has 0 spiro atoms. The first-order valence-corrected chi connectivity index (χ1v) is 10.8. The van der Waals surface area contributed by atoms with Crippen LogP contribution in [0.25, 0.3) is 17.1 Å². The summed E-state index contributed by atoms with van der Waals surface area (Å²) >= 11 is 1.39. The van der Waals surface area contributed by atoms with Crippen molar-refractivity contribution in [1.82, 2.24) is 20.1 Å². The zero-order valence-corrected chi connectivity index (χ0v) is 17.2. The number of nitrogens with zero attached hydrogens (tertiary/aromatic N) is 3. The summed E-state index contributed by atoms with van der Waals surface area (Å²) < 4.78 is 7.56. The Morgan fingerprint density at radius 2 is 2.07 bits per heavy atom. The predicted octanol–water partition coefficient (Wildman–Crippen LogP) is 3.63. The molecule has 7 heteroatoms. The highest BCUT2D eigenvalue weighted by atomic mass is 32.2. The fourth-order valence-corrected chi connectivity index (χ4v) is 4.14. The largest absolute Gasteiger partial charge is 0.376 e. The van der Waals surface area contributed by atoms with Gasteiger partial charge in [0, 0.05) is 24.4 Å². The zero-order valence-electron chi connectivity index (χ0n) is 16.4. The second-order valence-corrected chi connectivity index (χ2v) is 8.02. The van der Waals surface area contributed by atoms with Crippen LogP contribution in [0.3, 0.4) is 0 Å². The molecule has 1 saturated heterocycles. The van der Waals surface area contributed by atoms with E-state index >= 15 is 0 Å². The Morgan fingerprint density at radius 1 is 1.21 bits per heavy atom. The second-order valence-electron chi connectivity index (χ2n) is 7.07. The Balaban J connectivity index is 1.53. The fraction of sp³-hybridized carbons (Fsp3) is 0.318. The number of aromatic nitrogens is 3. The molecule has 1 atom stereocenters. The molecule has 1 aliphatic rings. The molecule has 4 rings (SSSR count). The molecule has 1 aliphatic heterocycles. The van der Waals surface area contributed by atoms with Gasteiger partial charge in [-0.2, -0.15) is 0 Å². The van der Waals surface area contributed by atoms with Crippen LogP contribution in [0, 0.1) is 6.92 Å². The summed E-state index contributed by atoms with van der Waals surface area (Å²) in [6, 6.07) is 18.2. The monoisotopic (exact) mass is 408 g/mol. The normalized spacial score (nSPS) is 16.1. The maximum atomic E-state index is 12.3. The highest BCUT2D eigenvalue weighted by Crippen LogP contribution is 2.28. The van der Waals surface area contributed by atoms with Crippen LogP contribution < -0.4 is 5.32 Å². The summed E-state index contributed by atoms with van der Waals surface area (Å²) in [5, 5.41) is 12.5. The van der Waals surface area contributed by atoms with E-state index < -0.39 is 0 Å². The number of carbonyl (C=O) groups is 1. The van der Waals surface area contributed by atoms with Crippen LogP contribution in [0.2, 0.25) is 0 Å². The predicted molar refractivity (Wildman–Crippen MR) is 114 cm³/mol. The lowest BCUT2D eigenvalue weighted by Crippen LogP contribution is -2.32. The number of thioether (sulfide) groups is 1. The summed E-state index contributed by atoms with van der Waals surface area (Å²) in [5.74, 6) is 1.03. The van der Waals surface area contributed by atoms with Gasteiger partial charge in [-0.1, -0.05) is 53.7 Å². The highest BCUT2D eigenvalue weighted by molar-refractivity contribution is 7.99. The van der Waals surface area contributed by atoms with Crippen molar-refractivity contribution < 1.29 is 9.53 Å². The van der Waals surface area contributed by atoms with E-state index in [0.717, 1.165) is 42.1 Å². The lowest BCUT2D eigenvalue weighted by atomic mass is 10.1. The first-order chi connectivity index (χ1) is 14.2. The van der Waals surface area contributed by atoms with Crippen molar-refractivity contribution in [1.29, 1.82) is 0 Å². The van der Waals surface area contributed by atoms with Crippen LogP contribution in [0.4, 0.5) is 0 Å². The second kappa shape index (κ2) is 9.24. The Bertz CT molecular complexity index is 968. The Labute approximate surface area is 174 Å². The molecule has 1 N–H and O–H groups in total. The Kier molecular flexibility index (Phi) is 6.27. The number of benzene rings is 2. The molecule has 1 aromatic heterocycles. The van der Waals surface area contributed by atoms with Gasteiger partial charge in [0.1, 0.15) is 0 Å². The van der Waals surface area contributed by atoms with Gasteiger partial charge in [-0.3, -0.25) is 9.36 Å². The molecular formula is C22H24N4O2S. The third kappa shape index (κ3) is 4.86. The van der Waals surface area contributed by atoms with Crippen molar-refractivity contribution in [2.45, 2.75) is 31.0 Å². The van der Waals surface area contributed by atoms with Crippen LogP contribution in [0.1, 0.15) is 18.4 Å². The number of aryl methyl sites for hydroxylation is 1. The molecule has 0 aliphatic carbocycles. The minimum Gasteiger partial charge on any atom is -0.376 e. The SMILES string of the molecule is Cc1cccc(-c2nnc(SCC(=O)NC[C@@H]3CCCO3)n2-c2ccccc2)c1. The third-order valence-corrected chi connectivity index (χ3v) is 5.74. The summed E-state index contributed by atoms with van der Waals surface area (Å²) in [5.41, 5.74) is 3.13. The summed E-state index contributed by atoms with van der Waals surface area (Å²) in [7, 11) is 0. The molecule has 0 bridgehead atoms. The van der Waals surface area contributed by atoms with Crippen LogP contribution in [-0.4, -0.2) is 45.7 Å². The minimum atomic E-state index is -0.0229. The molecule has 1 amide bonds. The van der Waals surface area contributed by atoms with Gasteiger partial charge in [0.15, 0.2) is 11.0 Å². The molecule has 150 valence electrons. The van der Waals surface area contributed by atoms with E-state index in [-0.39, 0.29) is 17.8 Å². The number of amides is 1. The van der Waals surface area contributed by atoms with Gasteiger partial charge >= 0.3 is 0 Å². The molecule has 1 fully saturated rings. The molecular weight excluding hydrogens is 384 g/mol. The molecule has 3 aromatic rings. The van der Waals surface area contributed by atoms with Crippen LogP contribution in [0.15, 0.2) is 59.8 Å². The van der Waals surface area contributed by atoms with Gasteiger partial charge < -0.3 is 10.1 Å². The molecule has 2 heterocycles. The van der Waals surface area contributed by atoms with Crippen LogP contribution in [-0.2, 0) is 9.53 Å². The van der Waals surface area contributed by atoms with Crippen molar-refractivity contribution in [2.75, 3.05) is 18.9 Å². The summed E-state index contributed by atoms with van der Waals surface area (Å²) in [6.45, 7) is 3.41. The van der Waals surface area contributed by atoms with Crippen molar-refractivity contribution in [3.05, 3.63) is 60.2 Å². The van der Waals surface area contributed by atoms with Crippen LogP contribution >= 0.6 is 11.8 Å². The highest BCUT2D eigenvalue weighted by Gasteiger charge is 2.19. The quantitative estimate of drug-likeness (QED) is 0.605. The summed E-state index contributed by atoms with van der Waals surface area (Å²) in [4.78, 5) is 12.3. The molecule has 2 aromatic carbocycles. The van der Waals surface area contributed by atoms with Crippen LogP contribution in [0.5, 0.6) is 0 Å². The van der Waals surface area contributed by atoms with E-state index in [9.17, 15) is 4.79 Å². The lowest BCUT2D eigenvalue weighted by Gasteiger charge is -2.12. The van der Waals surface area contributed by atoms with Gasteiger partial charge in [0.2, 0.25) is 5.91 Å². The molecule has 0 radical (unpaired) electrons. The Hall–Kier alpha value is -2.64. The molecule has 0 saturated carbocycles. The van der Waals surface area contributed by atoms with E-state index in [2.05, 4.69) is 34.6 Å². The smallest absolute Gasteiger partial charge is 0.230 e. The number of ether oxygens (including phenoxy) is 1. The summed E-state index contributed by atoms with van der Waals surface area (Å²) in [6.07, 6.45) is 2.22. The Morgan fingerprint density at radius 3 is 2.83 bits per heavy atom. The van der Waals surface area contributed by atoms with Crippen molar-refractivity contribution >= 4 is 17.7 Å². The van der Waals surface area contributed by atoms with Gasteiger partial charge in [0.05, 0.1) is 11.9 Å². The number of hydrogen-bond donors (Lipinski definition) is 1. The van der Waals surface area contributed by atoms with Crippen molar-refractivity contribution in [3.8, 4) is 17.1 Å². The maximum Gasteiger partial charge on any atom is 0.230 e. The van der Waals surface area contributed by atoms with Gasteiger partial charge in [-0.15, -0.1) is 10.2 Å². The standard InChI is InChI=1S/C22H24N4O2S/c1-16-7-5-8-17(13-16)21-24-25-22(26(21)18-9-3-2-4-10-18)29-15-20(27)23-14-19-11-6-12-28-19/h2-5,7-10,13,19H,6,11-12,14-15H2,1H3,(H,23,27)/t19-/m0/s1. The average molecular weight is 409 g/mol. The molecule has 29 heavy (non-hydrogen) atoms. The van der Waals surface area contributed by atoms with E-state index in [4.69, 9.17) is 4.74 Å². The average Bonchev–Trinajstić information content (AvgIpc) is 3.41. The molecule has 0 unspecified atom stereocenters. The van der Waals surface area contributed by atoms with E-state index in [1.54, 1.807) is 0 Å². The maximum absolute atomic E-state index is 12.3. The van der Waals surface area contributed by atoms with E-state index in [1.165, 1.54) is 11.8 Å². The van der Waals surface area contributed by atoms with Gasteiger partial charge in [-0.25, -0.2) is 0 Å². The number of hydrogen-bond acceptors (Lipinski definition) is 5. The third-order valence-electron chi connectivity index (χ3n) is 4.81. The minimum absolute atomic E-state index is 0.0229. The number of carbonyl (C=O) groups excluding carboxylic acids is 1. The number of nitrogens with one attached hydrogen (secondary N) is 1. The first-order valence-electron chi connectivity index (χ1n) is 9.79. The topological polar surface area (TPSA) is 69.0 Å². The zero-order chi connectivity index (χ0) is 20.1. The lowest BCUT2D eigenvalue weighted by molar-refractivity contribution is -0.119. The van der Waals surface area contributed by atoms with Gasteiger partial charge in [0.25, 0.3) is 0 Å². The molecule has 6 nitrogen and oxygen atoms in total. The van der Waals surface area contributed by atoms with E-state index in [1.807, 2.05) is 47.0 Å². The van der Waals surface area contributed by atoms with Crippen molar-refractivity contribution in [3.63, 3.8) is 0 Å². The first kappa shape index (κ1) is 19.7.